The standard InChI is InChI=1S/C17H12N2O8/c1-26-11-4-2-9(3-5-11)16-13(8-15(20)21)12-6-10(18(22)23)7-14(19(24)25)17(12)27-16/h2-7H,8H2,1H3,(H,20,21). The van der Waals surface area contributed by atoms with Crippen LogP contribution in [0.15, 0.2) is 40.8 Å². The molecule has 10 nitrogen and oxygen atoms in total. The number of rotatable bonds is 6. The van der Waals surface area contributed by atoms with Crippen LogP contribution in [0.1, 0.15) is 5.56 Å². The molecular weight excluding hydrogens is 360 g/mol. The van der Waals surface area contributed by atoms with Crippen molar-refractivity contribution in [3.63, 3.8) is 0 Å². The van der Waals surface area contributed by atoms with Crippen LogP contribution in [0, 0.1) is 20.2 Å². The van der Waals surface area contributed by atoms with Crippen LogP contribution in [-0.4, -0.2) is 28.0 Å². The summed E-state index contributed by atoms with van der Waals surface area (Å²) < 4.78 is 10.7. The summed E-state index contributed by atoms with van der Waals surface area (Å²) in [4.78, 5) is 32.2. The van der Waals surface area contributed by atoms with Gasteiger partial charge in [0.15, 0.2) is 0 Å². The lowest BCUT2D eigenvalue weighted by molar-refractivity contribution is -0.393. The van der Waals surface area contributed by atoms with Crippen molar-refractivity contribution in [2.75, 3.05) is 7.11 Å². The zero-order chi connectivity index (χ0) is 19.7. The average molecular weight is 372 g/mol. The number of nitro benzene ring substituents is 2. The van der Waals surface area contributed by atoms with Crippen LogP contribution in [-0.2, 0) is 11.2 Å². The van der Waals surface area contributed by atoms with E-state index in [2.05, 4.69) is 0 Å². The molecule has 0 spiro atoms. The molecule has 0 fully saturated rings. The van der Waals surface area contributed by atoms with E-state index in [9.17, 15) is 30.1 Å². The molecule has 27 heavy (non-hydrogen) atoms. The minimum absolute atomic E-state index is 0.0177. The van der Waals surface area contributed by atoms with Crippen molar-refractivity contribution >= 4 is 28.3 Å². The summed E-state index contributed by atoms with van der Waals surface area (Å²) in [6.07, 6.45) is -0.521. The summed E-state index contributed by atoms with van der Waals surface area (Å²) in [5, 5.41) is 31.7. The molecule has 0 atom stereocenters. The smallest absolute Gasteiger partial charge is 0.319 e. The van der Waals surface area contributed by atoms with Crippen LogP contribution in [0.4, 0.5) is 11.4 Å². The van der Waals surface area contributed by atoms with Gasteiger partial charge in [-0.3, -0.25) is 25.0 Å². The summed E-state index contributed by atoms with van der Waals surface area (Å²) in [6.45, 7) is 0. The Morgan fingerprint density at radius 2 is 1.81 bits per heavy atom. The zero-order valence-electron chi connectivity index (χ0n) is 13.9. The van der Waals surface area contributed by atoms with Gasteiger partial charge in [-0.05, 0) is 24.3 Å². The van der Waals surface area contributed by atoms with Crippen molar-refractivity contribution < 1.29 is 28.9 Å². The van der Waals surface area contributed by atoms with E-state index in [1.54, 1.807) is 24.3 Å². The normalized spacial score (nSPS) is 10.7. The van der Waals surface area contributed by atoms with Gasteiger partial charge in [0.25, 0.3) is 5.69 Å². The maximum Gasteiger partial charge on any atom is 0.319 e. The second-order valence-electron chi connectivity index (χ2n) is 5.56. The number of methoxy groups -OCH3 is 1. The topological polar surface area (TPSA) is 146 Å². The van der Waals surface area contributed by atoms with Crippen molar-refractivity contribution in [3.05, 3.63) is 62.2 Å². The number of fused-ring (bicyclic) bond motifs is 1. The Kier molecular flexibility index (Phi) is 4.46. The molecule has 0 aliphatic carbocycles. The Hall–Kier alpha value is -3.95. The van der Waals surface area contributed by atoms with E-state index in [-0.39, 0.29) is 22.3 Å². The fraction of sp³-hybridized carbons (Fsp3) is 0.118. The molecule has 0 saturated heterocycles. The number of non-ortho nitro benzene ring substituents is 2. The van der Waals surface area contributed by atoms with Crippen molar-refractivity contribution in [1.82, 2.24) is 0 Å². The van der Waals surface area contributed by atoms with Gasteiger partial charge in [0, 0.05) is 22.6 Å². The summed E-state index contributed by atoms with van der Waals surface area (Å²) in [7, 11) is 1.48. The van der Waals surface area contributed by atoms with E-state index in [1.165, 1.54) is 7.11 Å². The summed E-state index contributed by atoms with van der Waals surface area (Å²) in [5.41, 5.74) is -0.768. The predicted octanol–water partition coefficient (Wildman–Crippen LogP) is 3.55. The number of carboxylic acid groups (broad SMARTS) is 1. The molecule has 138 valence electrons. The molecule has 2 aromatic carbocycles. The van der Waals surface area contributed by atoms with E-state index in [0.29, 0.717) is 11.3 Å². The molecule has 0 radical (unpaired) electrons. The first-order chi connectivity index (χ1) is 12.8. The maximum atomic E-state index is 11.3. The molecule has 1 N–H and O–H groups in total. The number of aliphatic carboxylic acids is 1. The van der Waals surface area contributed by atoms with Gasteiger partial charge in [0.2, 0.25) is 5.58 Å². The molecule has 0 saturated carbocycles. The van der Waals surface area contributed by atoms with Gasteiger partial charge in [0.05, 0.1) is 29.4 Å². The number of benzene rings is 2. The number of carbonyl (C=O) groups is 1. The highest BCUT2D eigenvalue weighted by Gasteiger charge is 2.28. The zero-order valence-corrected chi connectivity index (χ0v) is 13.9. The van der Waals surface area contributed by atoms with Crippen LogP contribution in [0.2, 0.25) is 0 Å². The third-order valence-corrected chi connectivity index (χ3v) is 3.95. The van der Waals surface area contributed by atoms with Gasteiger partial charge < -0.3 is 14.3 Å². The molecule has 0 aliphatic heterocycles. The highest BCUT2D eigenvalue weighted by molar-refractivity contribution is 5.97. The molecule has 3 rings (SSSR count). The SMILES string of the molecule is COc1ccc(-c2oc3c([N+](=O)[O-])cc([N+](=O)[O-])cc3c2CC(=O)O)cc1. The number of furan rings is 1. The van der Waals surface area contributed by atoms with E-state index in [0.717, 1.165) is 12.1 Å². The lowest BCUT2D eigenvalue weighted by Gasteiger charge is -2.03. The van der Waals surface area contributed by atoms with Crippen LogP contribution in [0.25, 0.3) is 22.3 Å². The first-order valence-electron chi connectivity index (χ1n) is 7.56. The Labute approximate surface area is 150 Å². The molecule has 3 aromatic rings. The fourth-order valence-electron chi connectivity index (χ4n) is 2.76. The number of nitro groups is 2. The highest BCUT2D eigenvalue weighted by atomic mass is 16.6. The third-order valence-electron chi connectivity index (χ3n) is 3.95. The number of hydrogen-bond donors (Lipinski definition) is 1. The lowest BCUT2D eigenvalue weighted by Crippen LogP contribution is -2.01. The first-order valence-corrected chi connectivity index (χ1v) is 7.56. The van der Waals surface area contributed by atoms with E-state index in [4.69, 9.17) is 9.15 Å². The summed E-state index contributed by atoms with van der Waals surface area (Å²) in [5.74, 6) is -0.559. The highest BCUT2D eigenvalue weighted by Crippen LogP contribution is 2.40. The Bertz CT molecular complexity index is 1070. The van der Waals surface area contributed by atoms with Gasteiger partial charge in [-0.25, -0.2) is 0 Å². The van der Waals surface area contributed by atoms with Gasteiger partial charge in [-0.1, -0.05) is 0 Å². The number of carboxylic acids is 1. The number of ether oxygens (including phenoxy) is 1. The van der Waals surface area contributed by atoms with Crippen molar-refractivity contribution in [3.8, 4) is 17.1 Å². The molecule has 0 bridgehead atoms. The minimum atomic E-state index is -1.21. The number of nitrogens with zero attached hydrogens (tertiary/aromatic N) is 2. The molecular formula is C17H12N2O8. The predicted molar refractivity (Wildman–Crippen MR) is 92.9 cm³/mol. The van der Waals surface area contributed by atoms with Gasteiger partial charge >= 0.3 is 11.7 Å². The molecule has 10 heteroatoms. The fourth-order valence-corrected chi connectivity index (χ4v) is 2.76. The van der Waals surface area contributed by atoms with Crippen molar-refractivity contribution in [2.45, 2.75) is 6.42 Å². The van der Waals surface area contributed by atoms with Crippen LogP contribution >= 0.6 is 0 Å². The van der Waals surface area contributed by atoms with E-state index in [1.807, 2.05) is 0 Å². The Balaban J connectivity index is 2.35. The summed E-state index contributed by atoms with van der Waals surface area (Å²) in [6, 6.07) is 8.30. The molecule has 1 heterocycles. The van der Waals surface area contributed by atoms with Gasteiger partial charge in [0.1, 0.15) is 11.5 Å². The second-order valence-corrected chi connectivity index (χ2v) is 5.56. The number of hydrogen-bond acceptors (Lipinski definition) is 7. The average Bonchev–Trinajstić information content (AvgIpc) is 2.98. The van der Waals surface area contributed by atoms with Crippen LogP contribution < -0.4 is 4.74 Å². The van der Waals surface area contributed by atoms with Gasteiger partial charge in [-0.15, -0.1) is 0 Å². The van der Waals surface area contributed by atoms with Crippen molar-refractivity contribution in [1.29, 1.82) is 0 Å². The maximum absolute atomic E-state index is 11.3. The monoisotopic (exact) mass is 372 g/mol. The van der Waals surface area contributed by atoms with Gasteiger partial charge in [-0.2, -0.15) is 0 Å². The Morgan fingerprint density at radius 1 is 1.15 bits per heavy atom. The van der Waals surface area contributed by atoms with Crippen molar-refractivity contribution in [2.24, 2.45) is 0 Å². The molecule has 0 unspecified atom stereocenters. The lowest BCUT2D eigenvalue weighted by atomic mass is 10.0. The second kappa shape index (κ2) is 6.75. The molecule has 0 amide bonds. The van der Waals surface area contributed by atoms with E-state index >= 15 is 0 Å². The molecule has 0 aliphatic rings. The largest absolute Gasteiger partial charge is 0.497 e. The van der Waals surface area contributed by atoms with Crippen LogP contribution in [0.5, 0.6) is 5.75 Å². The van der Waals surface area contributed by atoms with E-state index < -0.39 is 33.6 Å². The quantitative estimate of drug-likeness (QED) is 0.510. The molecule has 1 aromatic heterocycles. The van der Waals surface area contributed by atoms with Crippen LogP contribution in [0.3, 0.4) is 0 Å². The third kappa shape index (κ3) is 3.27. The minimum Gasteiger partial charge on any atom is -0.497 e. The Morgan fingerprint density at radius 3 is 2.33 bits per heavy atom. The summed E-state index contributed by atoms with van der Waals surface area (Å²) >= 11 is 0. The first kappa shape index (κ1) is 17.9.